The Hall–Kier alpha value is -1.97. The van der Waals surface area contributed by atoms with Crippen LogP contribution in [-0.4, -0.2) is 19.1 Å². The average molecular weight is 259 g/mol. The molecule has 1 aromatic carbocycles. The first-order chi connectivity index (χ1) is 9.29. The molecule has 1 fully saturated rings. The molecule has 0 aliphatic carbocycles. The molecular weight excluding hydrogens is 238 g/mol. The van der Waals surface area contributed by atoms with E-state index in [1.165, 1.54) is 24.9 Å². The third kappa shape index (κ3) is 4.02. The Morgan fingerprint density at radius 3 is 2.47 bits per heavy atom. The van der Waals surface area contributed by atoms with Crippen LogP contribution < -0.4 is 15.5 Å². The van der Waals surface area contributed by atoms with Gasteiger partial charge in [0, 0.05) is 30.7 Å². The maximum atomic E-state index is 11.5. The van der Waals surface area contributed by atoms with Crippen molar-refractivity contribution in [2.75, 3.05) is 23.3 Å². The Labute approximate surface area is 114 Å². The van der Waals surface area contributed by atoms with Gasteiger partial charge in [-0.15, -0.1) is 0 Å². The number of nitrogens with zero attached hydrogens (tertiary/aromatic N) is 1. The van der Waals surface area contributed by atoms with Crippen molar-refractivity contribution >= 4 is 17.4 Å². The fourth-order valence-electron chi connectivity index (χ4n) is 2.23. The summed E-state index contributed by atoms with van der Waals surface area (Å²) in [7, 11) is 0. The van der Waals surface area contributed by atoms with Crippen LogP contribution in [0.1, 0.15) is 26.2 Å². The Bertz CT molecular complexity index is 433. The Morgan fingerprint density at radius 1 is 1.16 bits per heavy atom. The van der Waals surface area contributed by atoms with Gasteiger partial charge in [0.15, 0.2) is 0 Å². The van der Waals surface area contributed by atoms with Crippen molar-refractivity contribution in [3.63, 3.8) is 0 Å². The highest BCUT2D eigenvalue weighted by Crippen LogP contribution is 2.21. The quantitative estimate of drug-likeness (QED) is 0.874. The molecule has 0 unspecified atom stereocenters. The summed E-state index contributed by atoms with van der Waals surface area (Å²) >= 11 is 0. The molecule has 4 nitrogen and oxygen atoms in total. The predicted octanol–water partition coefficient (Wildman–Crippen LogP) is 3.33. The summed E-state index contributed by atoms with van der Waals surface area (Å²) in [5, 5.41) is 5.40. The molecule has 2 amide bonds. The first-order valence-corrected chi connectivity index (χ1v) is 6.83. The van der Waals surface area contributed by atoms with Crippen molar-refractivity contribution in [1.29, 1.82) is 0 Å². The van der Waals surface area contributed by atoms with Gasteiger partial charge in [0.25, 0.3) is 0 Å². The molecule has 0 radical (unpaired) electrons. The molecule has 1 aromatic rings. The molecule has 19 heavy (non-hydrogen) atoms. The smallest absolute Gasteiger partial charge is 0.323 e. The molecule has 0 bridgehead atoms. The Morgan fingerprint density at radius 2 is 1.84 bits per heavy atom. The largest absolute Gasteiger partial charge is 0.372 e. The van der Waals surface area contributed by atoms with Gasteiger partial charge < -0.3 is 15.5 Å². The number of benzene rings is 1. The molecule has 2 N–H and O–H groups in total. The van der Waals surface area contributed by atoms with Gasteiger partial charge >= 0.3 is 6.03 Å². The number of nitrogens with one attached hydrogen (secondary N) is 2. The highest BCUT2D eigenvalue weighted by molar-refractivity contribution is 5.90. The van der Waals surface area contributed by atoms with E-state index in [0.717, 1.165) is 18.8 Å². The van der Waals surface area contributed by atoms with E-state index in [1.54, 1.807) is 12.3 Å². The van der Waals surface area contributed by atoms with Gasteiger partial charge in [-0.05, 0) is 50.5 Å². The molecule has 1 heterocycles. The van der Waals surface area contributed by atoms with E-state index in [2.05, 4.69) is 27.7 Å². The molecule has 0 spiro atoms. The third-order valence-corrected chi connectivity index (χ3v) is 3.23. The number of amides is 2. The zero-order chi connectivity index (χ0) is 13.5. The second-order valence-electron chi connectivity index (χ2n) is 4.69. The van der Waals surface area contributed by atoms with Crippen LogP contribution in [0.3, 0.4) is 0 Å². The van der Waals surface area contributed by atoms with Crippen molar-refractivity contribution in [3.05, 3.63) is 36.5 Å². The van der Waals surface area contributed by atoms with Crippen molar-refractivity contribution < 1.29 is 4.79 Å². The van der Waals surface area contributed by atoms with E-state index in [9.17, 15) is 4.79 Å². The van der Waals surface area contributed by atoms with Crippen LogP contribution >= 0.6 is 0 Å². The zero-order valence-corrected chi connectivity index (χ0v) is 11.4. The summed E-state index contributed by atoms with van der Waals surface area (Å²) in [6, 6.07) is 7.80. The predicted molar refractivity (Wildman–Crippen MR) is 79.5 cm³/mol. The minimum Gasteiger partial charge on any atom is -0.372 e. The van der Waals surface area contributed by atoms with E-state index in [1.807, 2.05) is 19.1 Å². The zero-order valence-electron chi connectivity index (χ0n) is 11.4. The fraction of sp³-hybridized carbons (Fsp3) is 0.400. The van der Waals surface area contributed by atoms with Crippen molar-refractivity contribution in [2.45, 2.75) is 26.2 Å². The fourth-order valence-corrected chi connectivity index (χ4v) is 2.23. The highest BCUT2D eigenvalue weighted by atomic mass is 16.2. The maximum Gasteiger partial charge on any atom is 0.323 e. The molecular formula is C15H21N3O. The van der Waals surface area contributed by atoms with Gasteiger partial charge in [-0.1, -0.05) is 6.08 Å². The summed E-state index contributed by atoms with van der Waals surface area (Å²) < 4.78 is 0. The number of hydrogen-bond donors (Lipinski definition) is 2. The van der Waals surface area contributed by atoms with E-state index < -0.39 is 0 Å². The van der Waals surface area contributed by atoms with E-state index in [4.69, 9.17) is 0 Å². The van der Waals surface area contributed by atoms with Crippen LogP contribution in [0.15, 0.2) is 36.5 Å². The number of anilines is 2. The van der Waals surface area contributed by atoms with Crippen LogP contribution in [0.5, 0.6) is 0 Å². The highest BCUT2D eigenvalue weighted by Gasteiger charge is 2.10. The molecule has 1 aliphatic heterocycles. The maximum absolute atomic E-state index is 11.5. The molecule has 4 heteroatoms. The van der Waals surface area contributed by atoms with Crippen LogP contribution in [-0.2, 0) is 0 Å². The van der Waals surface area contributed by atoms with E-state index in [-0.39, 0.29) is 6.03 Å². The lowest BCUT2D eigenvalue weighted by atomic mass is 10.1. The molecule has 0 saturated carbocycles. The van der Waals surface area contributed by atoms with Gasteiger partial charge in [-0.2, -0.15) is 0 Å². The average Bonchev–Trinajstić information content (AvgIpc) is 2.47. The monoisotopic (exact) mass is 259 g/mol. The lowest BCUT2D eigenvalue weighted by Gasteiger charge is -2.28. The summed E-state index contributed by atoms with van der Waals surface area (Å²) in [6.45, 7) is 4.12. The van der Waals surface area contributed by atoms with E-state index in [0.29, 0.717) is 0 Å². The van der Waals surface area contributed by atoms with Crippen LogP contribution in [0, 0.1) is 0 Å². The minimum absolute atomic E-state index is 0.219. The van der Waals surface area contributed by atoms with Crippen molar-refractivity contribution in [1.82, 2.24) is 5.32 Å². The molecule has 0 aromatic heterocycles. The number of piperidine rings is 1. The minimum atomic E-state index is -0.219. The second-order valence-corrected chi connectivity index (χ2v) is 4.69. The van der Waals surface area contributed by atoms with Crippen LogP contribution in [0.2, 0.25) is 0 Å². The normalized spacial score (nSPS) is 15.5. The summed E-state index contributed by atoms with van der Waals surface area (Å²) in [4.78, 5) is 13.9. The SMILES string of the molecule is C/C=C/NC(=O)Nc1ccc(N2CCCCC2)cc1. The van der Waals surface area contributed by atoms with Gasteiger partial charge in [0.1, 0.15) is 0 Å². The van der Waals surface area contributed by atoms with Gasteiger partial charge in [-0.25, -0.2) is 4.79 Å². The number of carbonyl (C=O) groups is 1. The summed E-state index contributed by atoms with van der Waals surface area (Å²) in [5.74, 6) is 0. The molecule has 102 valence electrons. The van der Waals surface area contributed by atoms with Crippen LogP contribution in [0.25, 0.3) is 0 Å². The number of carbonyl (C=O) groups excluding carboxylic acids is 1. The first-order valence-electron chi connectivity index (χ1n) is 6.83. The Balaban J connectivity index is 1.92. The number of allylic oxidation sites excluding steroid dienone is 1. The standard InChI is InChI=1S/C15H21N3O/c1-2-10-16-15(19)17-13-6-8-14(9-7-13)18-11-4-3-5-12-18/h2,6-10H,3-5,11-12H2,1H3,(H2,16,17,19)/b10-2+. The number of urea groups is 1. The van der Waals surface area contributed by atoms with Gasteiger partial charge in [0.2, 0.25) is 0 Å². The third-order valence-electron chi connectivity index (χ3n) is 3.23. The lowest BCUT2D eigenvalue weighted by molar-refractivity contribution is 0.255. The number of rotatable bonds is 3. The van der Waals surface area contributed by atoms with Gasteiger partial charge in [-0.3, -0.25) is 0 Å². The lowest BCUT2D eigenvalue weighted by Crippen LogP contribution is -2.29. The summed E-state index contributed by atoms with van der Waals surface area (Å²) in [5.41, 5.74) is 2.04. The Kier molecular flexibility index (Phi) is 4.84. The topological polar surface area (TPSA) is 44.4 Å². The van der Waals surface area contributed by atoms with Crippen molar-refractivity contribution in [2.24, 2.45) is 0 Å². The molecule has 2 rings (SSSR count). The molecule has 1 aliphatic rings. The molecule has 0 atom stereocenters. The summed E-state index contributed by atoms with van der Waals surface area (Å²) in [6.07, 6.45) is 7.26. The number of hydrogen-bond acceptors (Lipinski definition) is 2. The van der Waals surface area contributed by atoms with Crippen molar-refractivity contribution in [3.8, 4) is 0 Å². The van der Waals surface area contributed by atoms with E-state index >= 15 is 0 Å². The van der Waals surface area contributed by atoms with Crippen LogP contribution in [0.4, 0.5) is 16.2 Å². The van der Waals surface area contributed by atoms with Gasteiger partial charge in [0.05, 0.1) is 0 Å². The second kappa shape index (κ2) is 6.83. The first kappa shape index (κ1) is 13.5. The molecule has 1 saturated heterocycles.